The zero-order chi connectivity index (χ0) is 13.0. The molecular weight excluding hydrogens is 287 g/mol. The molecule has 0 fully saturated rings. The quantitative estimate of drug-likeness (QED) is 0.875. The van der Waals surface area contributed by atoms with Gasteiger partial charge in [0.2, 0.25) is 0 Å². The van der Waals surface area contributed by atoms with E-state index in [1.54, 1.807) is 0 Å². The molecule has 0 aromatic heterocycles. The van der Waals surface area contributed by atoms with Crippen LogP contribution in [0.4, 0.5) is 5.69 Å². The predicted octanol–water partition coefficient (Wildman–Crippen LogP) is 1.93. The van der Waals surface area contributed by atoms with Gasteiger partial charge in [0.25, 0.3) is 0 Å². The van der Waals surface area contributed by atoms with Gasteiger partial charge in [0.1, 0.15) is 0 Å². The first-order chi connectivity index (χ1) is 8.68. The zero-order valence-corrected chi connectivity index (χ0v) is 12.0. The molecule has 0 spiro atoms. The Morgan fingerprint density at radius 1 is 1.06 bits per heavy atom. The van der Waals surface area contributed by atoms with E-state index in [1.165, 1.54) is 5.56 Å². The Hall–Kier alpha value is -1.57. The molecule has 2 aromatic rings. The van der Waals surface area contributed by atoms with Crippen LogP contribution in [-0.2, 0) is 6.54 Å². The maximum absolute atomic E-state index is 5.88. The molecule has 0 saturated heterocycles. The van der Waals surface area contributed by atoms with Crippen molar-refractivity contribution in [2.24, 2.45) is 5.73 Å². The molecular formula is C15H16N2Se. The molecule has 0 aliphatic heterocycles. The molecule has 0 amide bonds. The van der Waals surface area contributed by atoms with Crippen molar-refractivity contribution in [3.63, 3.8) is 0 Å². The molecule has 0 bridgehead atoms. The van der Waals surface area contributed by atoms with Crippen molar-refractivity contribution in [1.82, 2.24) is 0 Å². The molecule has 2 aromatic carbocycles. The van der Waals surface area contributed by atoms with Crippen molar-refractivity contribution in [3.8, 4) is 0 Å². The predicted molar refractivity (Wildman–Crippen MR) is 79.0 cm³/mol. The Morgan fingerprint density at radius 2 is 1.67 bits per heavy atom. The minimum atomic E-state index is 0.727. The molecule has 3 heteroatoms. The summed E-state index contributed by atoms with van der Waals surface area (Å²) in [5, 5.41) is 0. The van der Waals surface area contributed by atoms with E-state index in [0.29, 0.717) is 0 Å². The van der Waals surface area contributed by atoms with Crippen LogP contribution in [-0.4, -0.2) is 27.2 Å². The van der Waals surface area contributed by atoms with Crippen LogP contribution in [0.3, 0.4) is 0 Å². The molecule has 18 heavy (non-hydrogen) atoms. The van der Waals surface area contributed by atoms with Crippen LogP contribution in [0.2, 0.25) is 0 Å². The van der Waals surface area contributed by atoms with Gasteiger partial charge in [0.05, 0.1) is 0 Å². The second kappa shape index (κ2) is 5.85. The standard InChI is InChI=1S/C15H16N2Se/c1-17(11-12-7-3-2-4-8-12)14-10-6-5-9-13(14)15(16)18/h2-10H,11H2,1H3,(H2,16,18). The van der Waals surface area contributed by atoms with Gasteiger partial charge in [-0.25, -0.2) is 0 Å². The molecule has 0 aliphatic carbocycles. The summed E-state index contributed by atoms with van der Waals surface area (Å²) in [5.74, 6) is 0. The van der Waals surface area contributed by atoms with Crippen molar-refractivity contribution in [1.29, 1.82) is 0 Å². The van der Waals surface area contributed by atoms with E-state index in [-0.39, 0.29) is 0 Å². The second-order valence-corrected chi connectivity index (χ2v) is 5.15. The third-order valence-corrected chi connectivity index (χ3v) is 3.30. The number of para-hydroxylation sites is 1. The second-order valence-electron chi connectivity index (χ2n) is 4.22. The van der Waals surface area contributed by atoms with Crippen LogP contribution >= 0.6 is 0 Å². The van der Waals surface area contributed by atoms with Crippen LogP contribution in [0.25, 0.3) is 0 Å². The monoisotopic (exact) mass is 304 g/mol. The summed E-state index contributed by atoms with van der Waals surface area (Å²) in [6.07, 6.45) is 0. The van der Waals surface area contributed by atoms with Gasteiger partial charge in [-0.3, -0.25) is 0 Å². The van der Waals surface area contributed by atoms with Crippen LogP contribution < -0.4 is 10.6 Å². The molecule has 2 nitrogen and oxygen atoms in total. The number of anilines is 1. The number of nitrogens with zero attached hydrogens (tertiary/aromatic N) is 1. The fraction of sp³-hybridized carbons (Fsp3) is 0.133. The summed E-state index contributed by atoms with van der Waals surface area (Å²) in [6, 6.07) is 18.6. The first-order valence-corrected chi connectivity index (χ1v) is 6.68. The summed E-state index contributed by atoms with van der Waals surface area (Å²) < 4.78 is 0.727. The van der Waals surface area contributed by atoms with Gasteiger partial charge in [-0.2, -0.15) is 0 Å². The van der Waals surface area contributed by atoms with Crippen molar-refractivity contribution in [2.75, 3.05) is 11.9 Å². The molecule has 0 atom stereocenters. The fourth-order valence-corrected chi connectivity index (χ4v) is 2.32. The van der Waals surface area contributed by atoms with Gasteiger partial charge in [0.15, 0.2) is 0 Å². The summed E-state index contributed by atoms with van der Waals surface area (Å²) in [5.41, 5.74) is 9.35. The number of hydrogen-bond acceptors (Lipinski definition) is 2. The summed E-state index contributed by atoms with van der Waals surface area (Å²) in [6.45, 7) is 0.866. The average Bonchev–Trinajstić information content (AvgIpc) is 2.40. The van der Waals surface area contributed by atoms with Crippen LogP contribution in [0, 0.1) is 0 Å². The Bertz CT molecular complexity index is 537. The van der Waals surface area contributed by atoms with Crippen LogP contribution in [0.15, 0.2) is 54.6 Å². The molecule has 2 rings (SSSR count). The SMILES string of the molecule is CN(Cc1ccccc1)c1ccccc1C(N)=[Se]. The fourth-order valence-electron chi connectivity index (χ4n) is 1.96. The summed E-state index contributed by atoms with van der Waals surface area (Å²) in [7, 11) is 2.08. The molecule has 0 radical (unpaired) electrons. The Kier molecular flexibility index (Phi) is 4.19. The van der Waals surface area contributed by atoms with E-state index >= 15 is 0 Å². The molecule has 92 valence electrons. The minimum absolute atomic E-state index is 0.727. The van der Waals surface area contributed by atoms with Gasteiger partial charge in [-0.05, 0) is 0 Å². The average molecular weight is 303 g/mol. The van der Waals surface area contributed by atoms with Crippen molar-refractivity contribution >= 4 is 25.8 Å². The molecule has 0 unspecified atom stereocenters. The van der Waals surface area contributed by atoms with Gasteiger partial charge in [-0.15, -0.1) is 0 Å². The van der Waals surface area contributed by atoms with E-state index in [9.17, 15) is 0 Å². The van der Waals surface area contributed by atoms with Crippen molar-refractivity contribution in [2.45, 2.75) is 6.54 Å². The topological polar surface area (TPSA) is 29.3 Å². The van der Waals surface area contributed by atoms with Gasteiger partial charge in [-0.1, -0.05) is 0 Å². The zero-order valence-electron chi connectivity index (χ0n) is 10.3. The van der Waals surface area contributed by atoms with Gasteiger partial charge < -0.3 is 0 Å². The van der Waals surface area contributed by atoms with Gasteiger partial charge in [0, 0.05) is 0 Å². The first-order valence-electron chi connectivity index (χ1n) is 5.82. The first kappa shape index (κ1) is 12.9. The maximum atomic E-state index is 5.88. The van der Waals surface area contributed by atoms with Crippen LogP contribution in [0.1, 0.15) is 11.1 Å². The molecule has 0 saturated carbocycles. The van der Waals surface area contributed by atoms with Crippen molar-refractivity contribution in [3.05, 3.63) is 65.7 Å². The van der Waals surface area contributed by atoms with E-state index in [0.717, 1.165) is 22.3 Å². The van der Waals surface area contributed by atoms with E-state index in [4.69, 9.17) is 5.73 Å². The van der Waals surface area contributed by atoms with Crippen LogP contribution in [0.5, 0.6) is 0 Å². The Morgan fingerprint density at radius 3 is 2.33 bits per heavy atom. The van der Waals surface area contributed by atoms with Gasteiger partial charge >= 0.3 is 116 Å². The number of hydrogen-bond donors (Lipinski definition) is 1. The van der Waals surface area contributed by atoms with E-state index in [2.05, 4.69) is 57.9 Å². The number of rotatable bonds is 4. The summed E-state index contributed by atoms with van der Waals surface area (Å²) in [4.78, 5) is 2.20. The third kappa shape index (κ3) is 3.00. The Balaban J connectivity index is 2.24. The molecule has 0 aliphatic rings. The number of benzene rings is 2. The Labute approximate surface area is 116 Å². The van der Waals surface area contributed by atoms with E-state index < -0.39 is 0 Å². The molecule has 2 N–H and O–H groups in total. The van der Waals surface area contributed by atoms with Crippen molar-refractivity contribution < 1.29 is 0 Å². The molecule has 0 heterocycles. The number of nitrogens with two attached hydrogens (primary N) is 1. The summed E-state index contributed by atoms with van der Waals surface area (Å²) >= 11 is 2.88. The normalized spacial score (nSPS) is 10.1. The third-order valence-electron chi connectivity index (χ3n) is 2.84. The van der Waals surface area contributed by atoms with E-state index in [1.807, 2.05) is 24.3 Å².